The molecule has 4 heterocycles. The van der Waals surface area contributed by atoms with Gasteiger partial charge in [0.25, 0.3) is 0 Å². The molecule has 0 unspecified atom stereocenters. The van der Waals surface area contributed by atoms with Crippen molar-refractivity contribution >= 4 is 12.4 Å². The summed E-state index contributed by atoms with van der Waals surface area (Å²) >= 11 is 0. The molecule has 3 aliphatic rings. The summed E-state index contributed by atoms with van der Waals surface area (Å²) in [5, 5.41) is 9.02. The number of aromatic nitrogens is 3. The molecule has 1 aromatic heterocycles. The number of rotatable bonds is 3. The van der Waals surface area contributed by atoms with Crippen LogP contribution >= 0.6 is 12.4 Å². The highest BCUT2D eigenvalue weighted by molar-refractivity contribution is 5.85. The fraction of sp³-hybridized carbons (Fsp3) is 0.579. The van der Waals surface area contributed by atoms with Gasteiger partial charge in [-0.1, -0.05) is 17.3 Å². The van der Waals surface area contributed by atoms with Crippen molar-refractivity contribution in [1.29, 1.82) is 0 Å². The first-order valence-electron chi connectivity index (χ1n) is 9.38. The van der Waals surface area contributed by atoms with Crippen molar-refractivity contribution in [2.24, 2.45) is 0 Å². The summed E-state index contributed by atoms with van der Waals surface area (Å²) in [6.45, 7) is 4.74. The van der Waals surface area contributed by atoms with Crippen LogP contribution in [0.3, 0.4) is 0 Å². The standard InChI is InChI=1S/C19H23FN4O2.ClH/c20-15-3-1-13(2-4-15)9-23-10-16-18(11-23)26-12-17-19(21-22-24(16)17)14-5-7-25-8-6-14;/h1-4,14,16,18H,5-12H2;1H/t16-,18-;/m0./s1. The maximum absolute atomic E-state index is 13.1. The SMILES string of the molecule is Cl.Fc1ccc(CN2C[C@@H]3OCc4c(C5CCOCC5)nnn4[C@H]3C2)cc1. The first kappa shape index (κ1) is 18.8. The number of halogens is 2. The number of likely N-dealkylation sites (tertiary alicyclic amines) is 1. The number of fused-ring (bicyclic) bond motifs is 3. The van der Waals surface area contributed by atoms with Crippen molar-refractivity contribution in [3.63, 3.8) is 0 Å². The molecule has 0 spiro atoms. The Morgan fingerprint density at radius 3 is 2.67 bits per heavy atom. The molecular weight excluding hydrogens is 371 g/mol. The lowest BCUT2D eigenvalue weighted by atomic mass is 9.94. The van der Waals surface area contributed by atoms with Crippen LogP contribution in [0.25, 0.3) is 0 Å². The zero-order valence-electron chi connectivity index (χ0n) is 15.1. The number of nitrogens with zero attached hydrogens (tertiary/aromatic N) is 4. The van der Waals surface area contributed by atoms with E-state index in [1.54, 1.807) is 0 Å². The second kappa shape index (κ2) is 7.83. The van der Waals surface area contributed by atoms with Crippen LogP contribution < -0.4 is 0 Å². The Morgan fingerprint density at radius 1 is 1.11 bits per heavy atom. The van der Waals surface area contributed by atoms with E-state index in [9.17, 15) is 4.39 Å². The molecule has 2 fully saturated rings. The van der Waals surface area contributed by atoms with Crippen LogP contribution in [0.5, 0.6) is 0 Å². The number of hydrogen-bond donors (Lipinski definition) is 0. The lowest BCUT2D eigenvalue weighted by Gasteiger charge is -2.28. The predicted octanol–water partition coefficient (Wildman–Crippen LogP) is 2.69. The van der Waals surface area contributed by atoms with E-state index in [0.717, 1.165) is 62.6 Å². The van der Waals surface area contributed by atoms with Crippen molar-refractivity contribution in [3.05, 3.63) is 47.0 Å². The van der Waals surface area contributed by atoms with E-state index in [2.05, 4.69) is 19.9 Å². The molecule has 1 aromatic carbocycles. The average molecular weight is 395 g/mol. The van der Waals surface area contributed by atoms with Gasteiger partial charge in [-0.15, -0.1) is 17.5 Å². The first-order chi connectivity index (χ1) is 12.8. The van der Waals surface area contributed by atoms with Crippen LogP contribution in [0.4, 0.5) is 4.39 Å². The molecule has 2 saturated heterocycles. The number of hydrogen-bond acceptors (Lipinski definition) is 5. The minimum absolute atomic E-state index is 0. The molecule has 0 bridgehead atoms. The van der Waals surface area contributed by atoms with Crippen LogP contribution in [-0.2, 0) is 22.6 Å². The van der Waals surface area contributed by atoms with E-state index in [-0.39, 0.29) is 30.4 Å². The fourth-order valence-electron chi connectivity index (χ4n) is 4.41. The molecular formula is C19H24ClFN4O2. The molecule has 3 aliphatic heterocycles. The minimum Gasteiger partial charge on any atom is -0.381 e. The van der Waals surface area contributed by atoms with Crippen molar-refractivity contribution in [3.8, 4) is 0 Å². The molecule has 8 heteroatoms. The zero-order valence-corrected chi connectivity index (χ0v) is 15.9. The van der Waals surface area contributed by atoms with Gasteiger partial charge in [0.1, 0.15) is 5.82 Å². The lowest BCUT2D eigenvalue weighted by molar-refractivity contribution is -0.00619. The van der Waals surface area contributed by atoms with E-state index in [1.807, 2.05) is 12.1 Å². The minimum atomic E-state index is -0.194. The highest BCUT2D eigenvalue weighted by atomic mass is 35.5. The van der Waals surface area contributed by atoms with E-state index < -0.39 is 0 Å². The third-order valence-electron chi connectivity index (χ3n) is 5.81. The van der Waals surface area contributed by atoms with Gasteiger partial charge in [0.2, 0.25) is 0 Å². The molecule has 2 atom stereocenters. The van der Waals surface area contributed by atoms with E-state index in [4.69, 9.17) is 9.47 Å². The van der Waals surface area contributed by atoms with Gasteiger partial charge in [-0.3, -0.25) is 4.90 Å². The molecule has 0 amide bonds. The van der Waals surface area contributed by atoms with Gasteiger partial charge in [0.15, 0.2) is 0 Å². The van der Waals surface area contributed by atoms with Gasteiger partial charge >= 0.3 is 0 Å². The van der Waals surface area contributed by atoms with Gasteiger partial charge in [0.05, 0.1) is 30.1 Å². The molecule has 0 N–H and O–H groups in total. The summed E-state index contributed by atoms with van der Waals surface area (Å²) in [5.74, 6) is 0.240. The van der Waals surface area contributed by atoms with Crippen LogP contribution in [-0.4, -0.2) is 52.3 Å². The maximum atomic E-state index is 13.1. The first-order valence-corrected chi connectivity index (χ1v) is 9.38. The summed E-state index contributed by atoms with van der Waals surface area (Å²) < 4.78 is 26.8. The van der Waals surface area contributed by atoms with E-state index in [0.29, 0.717) is 12.5 Å². The maximum Gasteiger partial charge on any atom is 0.123 e. The van der Waals surface area contributed by atoms with E-state index in [1.165, 1.54) is 12.1 Å². The Balaban J connectivity index is 0.00000180. The van der Waals surface area contributed by atoms with Gasteiger partial charge in [-0.25, -0.2) is 9.07 Å². The third kappa shape index (κ3) is 3.61. The summed E-state index contributed by atoms with van der Waals surface area (Å²) in [5.41, 5.74) is 3.36. The van der Waals surface area contributed by atoms with Gasteiger partial charge in [-0.05, 0) is 30.5 Å². The molecule has 0 saturated carbocycles. The zero-order chi connectivity index (χ0) is 17.5. The highest BCUT2D eigenvalue weighted by Crippen LogP contribution is 2.36. The quantitative estimate of drug-likeness (QED) is 0.801. The Kier molecular flexibility index (Phi) is 5.45. The topological polar surface area (TPSA) is 52.4 Å². The van der Waals surface area contributed by atoms with Crippen molar-refractivity contribution < 1.29 is 13.9 Å². The second-order valence-electron chi connectivity index (χ2n) is 7.49. The van der Waals surface area contributed by atoms with Gasteiger partial charge in [-0.2, -0.15) is 0 Å². The summed E-state index contributed by atoms with van der Waals surface area (Å²) in [7, 11) is 0. The largest absolute Gasteiger partial charge is 0.381 e. The molecule has 0 aliphatic carbocycles. The molecule has 2 aromatic rings. The van der Waals surface area contributed by atoms with Crippen LogP contribution in [0.1, 0.15) is 41.8 Å². The Bertz CT molecular complexity index is 779. The predicted molar refractivity (Wildman–Crippen MR) is 99.4 cm³/mol. The lowest BCUT2D eigenvalue weighted by Crippen LogP contribution is -2.33. The second-order valence-corrected chi connectivity index (χ2v) is 7.49. The average Bonchev–Trinajstić information content (AvgIpc) is 3.27. The third-order valence-corrected chi connectivity index (χ3v) is 5.81. The molecule has 0 radical (unpaired) electrons. The van der Waals surface area contributed by atoms with Crippen molar-refractivity contribution in [2.45, 2.75) is 44.1 Å². The normalized spacial score (nSPS) is 25.7. The van der Waals surface area contributed by atoms with Crippen molar-refractivity contribution in [1.82, 2.24) is 19.9 Å². The van der Waals surface area contributed by atoms with Crippen LogP contribution in [0.15, 0.2) is 24.3 Å². The van der Waals surface area contributed by atoms with E-state index >= 15 is 0 Å². The monoisotopic (exact) mass is 394 g/mol. The number of ether oxygens (including phenoxy) is 2. The Labute approximate surface area is 164 Å². The molecule has 6 nitrogen and oxygen atoms in total. The smallest absolute Gasteiger partial charge is 0.123 e. The highest BCUT2D eigenvalue weighted by Gasteiger charge is 2.41. The molecule has 146 valence electrons. The van der Waals surface area contributed by atoms with Crippen LogP contribution in [0, 0.1) is 5.82 Å². The van der Waals surface area contributed by atoms with Crippen molar-refractivity contribution in [2.75, 3.05) is 26.3 Å². The molecule has 5 rings (SSSR count). The van der Waals surface area contributed by atoms with Gasteiger partial charge in [0, 0.05) is 38.8 Å². The summed E-state index contributed by atoms with van der Waals surface area (Å²) in [6, 6.07) is 6.94. The summed E-state index contributed by atoms with van der Waals surface area (Å²) in [6.07, 6.45) is 2.17. The fourth-order valence-corrected chi connectivity index (χ4v) is 4.41. The van der Waals surface area contributed by atoms with Crippen LogP contribution in [0.2, 0.25) is 0 Å². The molecule has 27 heavy (non-hydrogen) atoms. The number of benzene rings is 1. The Morgan fingerprint density at radius 2 is 1.89 bits per heavy atom. The summed E-state index contributed by atoms with van der Waals surface area (Å²) in [4.78, 5) is 2.35. The Hall–Kier alpha value is -1.54. The van der Waals surface area contributed by atoms with Gasteiger partial charge < -0.3 is 9.47 Å².